The minimum Gasteiger partial charge on any atom is -0.323 e. The largest absolute Gasteiger partial charge is 0.323 e. The van der Waals surface area contributed by atoms with Crippen LogP contribution in [-0.4, -0.2) is 31.6 Å². The third-order valence-corrected chi connectivity index (χ3v) is 6.59. The number of aromatic nitrogens is 4. The summed E-state index contributed by atoms with van der Waals surface area (Å²) in [5.41, 5.74) is 4.76. The van der Waals surface area contributed by atoms with E-state index in [0.29, 0.717) is 34.4 Å². The lowest BCUT2D eigenvalue weighted by Gasteiger charge is -2.29. The molecule has 0 spiro atoms. The van der Waals surface area contributed by atoms with Gasteiger partial charge < -0.3 is 5.32 Å². The maximum absolute atomic E-state index is 14.0. The number of anilines is 2. The maximum atomic E-state index is 14.0. The van der Waals surface area contributed by atoms with E-state index < -0.39 is 0 Å². The van der Waals surface area contributed by atoms with Gasteiger partial charge in [-0.2, -0.15) is 5.10 Å². The Hall–Kier alpha value is -3.81. The molecular formula is C27H22ClFN6. The number of H-pyrrole nitrogens is 1. The zero-order chi connectivity index (χ0) is 23.8. The second kappa shape index (κ2) is 9.09. The summed E-state index contributed by atoms with van der Waals surface area (Å²) in [5, 5.41) is 12.0. The van der Waals surface area contributed by atoms with Gasteiger partial charge in [-0.25, -0.2) is 14.4 Å². The van der Waals surface area contributed by atoms with E-state index in [2.05, 4.69) is 44.7 Å². The Morgan fingerprint density at radius 3 is 2.66 bits per heavy atom. The van der Waals surface area contributed by atoms with Crippen molar-refractivity contribution in [3.8, 4) is 11.4 Å². The fraction of sp³-hybridized carbons (Fsp3) is 0.148. The number of hydrogen-bond acceptors (Lipinski definition) is 5. The first kappa shape index (κ1) is 21.7. The first-order valence-corrected chi connectivity index (χ1v) is 11.8. The lowest BCUT2D eigenvalue weighted by Crippen LogP contribution is -2.31. The molecule has 6 nitrogen and oxygen atoms in total. The number of fused-ring (bicyclic) bond motifs is 2. The van der Waals surface area contributed by atoms with Gasteiger partial charge in [0.25, 0.3) is 0 Å². The molecule has 0 aliphatic carbocycles. The Morgan fingerprint density at radius 1 is 0.971 bits per heavy atom. The molecule has 0 fully saturated rings. The van der Waals surface area contributed by atoms with Crippen molar-refractivity contribution in [2.24, 2.45) is 0 Å². The molecule has 0 bridgehead atoms. The molecule has 2 N–H and O–H groups in total. The molecular weight excluding hydrogens is 463 g/mol. The molecule has 0 saturated carbocycles. The van der Waals surface area contributed by atoms with Crippen LogP contribution in [0.5, 0.6) is 0 Å². The smallest absolute Gasteiger partial charge is 0.163 e. The number of nitrogens with one attached hydrogen (secondary N) is 2. The molecule has 0 amide bonds. The van der Waals surface area contributed by atoms with E-state index in [0.717, 1.165) is 41.8 Å². The number of nitrogens with zero attached hydrogens (tertiary/aromatic N) is 4. The van der Waals surface area contributed by atoms with E-state index in [9.17, 15) is 4.39 Å². The highest BCUT2D eigenvalue weighted by atomic mass is 35.5. The van der Waals surface area contributed by atoms with E-state index in [4.69, 9.17) is 21.6 Å². The number of aromatic amines is 1. The van der Waals surface area contributed by atoms with Crippen LogP contribution in [0.2, 0.25) is 5.02 Å². The molecule has 1 aliphatic rings. The van der Waals surface area contributed by atoms with Crippen LogP contribution < -0.4 is 5.32 Å². The number of hydrogen-bond donors (Lipinski definition) is 2. The van der Waals surface area contributed by atoms with E-state index in [1.165, 1.54) is 17.7 Å². The third-order valence-electron chi connectivity index (χ3n) is 6.26. The van der Waals surface area contributed by atoms with Crippen molar-refractivity contribution in [1.29, 1.82) is 0 Å². The molecule has 5 aromatic rings. The predicted octanol–water partition coefficient (Wildman–Crippen LogP) is 6.11. The highest BCUT2D eigenvalue weighted by molar-refractivity contribution is 6.33. The maximum Gasteiger partial charge on any atom is 0.163 e. The fourth-order valence-corrected chi connectivity index (χ4v) is 4.73. The Kier molecular flexibility index (Phi) is 5.64. The molecule has 1 aliphatic heterocycles. The number of benzene rings is 3. The molecule has 0 unspecified atom stereocenters. The van der Waals surface area contributed by atoms with Gasteiger partial charge in [0, 0.05) is 42.6 Å². The zero-order valence-corrected chi connectivity index (χ0v) is 19.6. The highest BCUT2D eigenvalue weighted by Gasteiger charge is 2.24. The first-order valence-electron chi connectivity index (χ1n) is 11.5. The molecule has 2 aromatic heterocycles. The summed E-state index contributed by atoms with van der Waals surface area (Å²) in [4.78, 5) is 12.2. The van der Waals surface area contributed by atoms with Gasteiger partial charge in [0.05, 0.1) is 16.2 Å². The van der Waals surface area contributed by atoms with Gasteiger partial charge in [-0.1, -0.05) is 54.1 Å². The summed E-state index contributed by atoms with van der Waals surface area (Å²) < 4.78 is 14.0. The summed E-state index contributed by atoms with van der Waals surface area (Å²) in [6.45, 7) is 2.41. The van der Waals surface area contributed by atoms with Gasteiger partial charge in [-0.15, -0.1) is 0 Å². The van der Waals surface area contributed by atoms with Crippen LogP contribution in [0.15, 0.2) is 72.8 Å². The quantitative estimate of drug-likeness (QED) is 0.315. The van der Waals surface area contributed by atoms with Crippen molar-refractivity contribution >= 4 is 34.1 Å². The molecule has 3 heterocycles. The Labute approximate surface area is 206 Å². The van der Waals surface area contributed by atoms with Crippen LogP contribution in [0, 0.1) is 5.82 Å². The van der Waals surface area contributed by atoms with Crippen LogP contribution in [-0.2, 0) is 19.5 Å². The van der Waals surface area contributed by atoms with Gasteiger partial charge in [0.2, 0.25) is 0 Å². The SMILES string of the molecule is Fc1ccc2[nH]nc(Nc3nc(-c4ccccc4Cl)nc4c3CN(Cc3ccccc3)CC4)c2c1. The summed E-state index contributed by atoms with van der Waals surface area (Å²) in [6.07, 6.45) is 0.784. The van der Waals surface area contributed by atoms with E-state index in [-0.39, 0.29) is 5.82 Å². The zero-order valence-electron chi connectivity index (χ0n) is 18.8. The molecule has 0 atom stereocenters. The van der Waals surface area contributed by atoms with Crippen LogP contribution in [0.1, 0.15) is 16.8 Å². The fourth-order valence-electron chi connectivity index (χ4n) is 4.51. The molecule has 0 radical (unpaired) electrons. The summed E-state index contributed by atoms with van der Waals surface area (Å²) in [5.74, 6) is 1.41. The Balaban J connectivity index is 1.42. The lowest BCUT2D eigenvalue weighted by atomic mass is 10.0. The first-order chi connectivity index (χ1) is 17.1. The van der Waals surface area contributed by atoms with Gasteiger partial charge >= 0.3 is 0 Å². The second-order valence-electron chi connectivity index (χ2n) is 8.63. The van der Waals surface area contributed by atoms with Crippen LogP contribution in [0.4, 0.5) is 16.0 Å². The standard InChI is InChI=1S/C27H22ClFN6/c28-22-9-5-4-8-19(22)25-30-23-12-13-35(15-17-6-2-1-3-7-17)16-21(23)26(31-25)32-27-20-14-18(29)10-11-24(20)33-34-27/h1-11,14H,12-13,15-16H2,(H2,30,31,32,33,34). The van der Waals surface area contributed by atoms with E-state index in [1.54, 1.807) is 6.07 Å². The van der Waals surface area contributed by atoms with Crippen molar-refractivity contribution in [3.05, 3.63) is 100 Å². The molecule has 35 heavy (non-hydrogen) atoms. The number of halogens is 2. The monoisotopic (exact) mass is 484 g/mol. The minimum absolute atomic E-state index is 0.322. The average molecular weight is 485 g/mol. The highest BCUT2D eigenvalue weighted by Crippen LogP contribution is 2.33. The van der Waals surface area contributed by atoms with Crippen molar-refractivity contribution in [3.63, 3.8) is 0 Å². The summed E-state index contributed by atoms with van der Waals surface area (Å²) in [6, 6.07) is 22.5. The number of rotatable bonds is 5. The minimum atomic E-state index is -0.322. The van der Waals surface area contributed by atoms with E-state index in [1.807, 2.05) is 30.3 Å². The normalized spacial score (nSPS) is 13.7. The summed E-state index contributed by atoms with van der Waals surface area (Å²) in [7, 11) is 0. The van der Waals surface area contributed by atoms with Gasteiger partial charge in [-0.05, 0) is 35.9 Å². The van der Waals surface area contributed by atoms with Gasteiger partial charge in [-0.3, -0.25) is 10.00 Å². The van der Waals surface area contributed by atoms with Crippen LogP contribution >= 0.6 is 11.6 Å². The lowest BCUT2D eigenvalue weighted by molar-refractivity contribution is 0.243. The van der Waals surface area contributed by atoms with Crippen molar-refractivity contribution in [2.75, 3.05) is 11.9 Å². The molecule has 8 heteroatoms. The molecule has 3 aromatic carbocycles. The Morgan fingerprint density at radius 2 is 1.80 bits per heavy atom. The van der Waals surface area contributed by atoms with Crippen molar-refractivity contribution in [1.82, 2.24) is 25.1 Å². The summed E-state index contributed by atoms with van der Waals surface area (Å²) >= 11 is 6.48. The third kappa shape index (κ3) is 4.36. The topological polar surface area (TPSA) is 69.7 Å². The van der Waals surface area contributed by atoms with Crippen LogP contribution in [0.25, 0.3) is 22.3 Å². The predicted molar refractivity (Wildman–Crippen MR) is 136 cm³/mol. The Bertz CT molecular complexity index is 1520. The second-order valence-corrected chi connectivity index (χ2v) is 9.04. The van der Waals surface area contributed by atoms with Crippen molar-refractivity contribution in [2.45, 2.75) is 19.5 Å². The average Bonchev–Trinajstić information content (AvgIpc) is 3.27. The van der Waals surface area contributed by atoms with Crippen molar-refractivity contribution < 1.29 is 4.39 Å². The van der Waals surface area contributed by atoms with Gasteiger partial charge in [0.1, 0.15) is 11.6 Å². The van der Waals surface area contributed by atoms with Crippen LogP contribution in [0.3, 0.4) is 0 Å². The molecule has 174 valence electrons. The molecule has 6 rings (SSSR count). The van der Waals surface area contributed by atoms with Gasteiger partial charge in [0.15, 0.2) is 11.6 Å². The molecule has 0 saturated heterocycles. The van der Waals surface area contributed by atoms with E-state index >= 15 is 0 Å².